The second-order valence-electron chi connectivity index (χ2n) is 3.49. The fourth-order valence-corrected chi connectivity index (χ4v) is 1.64. The fraction of sp³-hybridized carbons (Fsp3) is 0.0667. The van der Waals surface area contributed by atoms with Crippen molar-refractivity contribution in [3.05, 3.63) is 66.9 Å². The van der Waals surface area contributed by atoms with Crippen LogP contribution in [0.2, 0.25) is 0 Å². The van der Waals surface area contributed by atoms with Crippen molar-refractivity contribution in [3.8, 4) is 0 Å². The summed E-state index contributed by atoms with van der Waals surface area (Å²) >= 11 is 0. The van der Waals surface area contributed by atoms with E-state index in [1.165, 1.54) is 16.3 Å². The van der Waals surface area contributed by atoms with Gasteiger partial charge in [-0.15, -0.1) is 0 Å². The van der Waals surface area contributed by atoms with Crippen LogP contribution in [0.25, 0.3) is 16.8 Å². The molecule has 2 aromatic carbocycles. The molecule has 0 saturated heterocycles. The zero-order valence-corrected chi connectivity index (χ0v) is 9.10. The van der Waals surface area contributed by atoms with Crippen LogP contribution in [0, 0.1) is 0 Å². The Morgan fingerprint density at radius 2 is 1.88 bits per heavy atom. The average molecular weight is 210 g/mol. The first-order valence-electron chi connectivity index (χ1n) is 5.28. The molecule has 16 heavy (non-hydrogen) atoms. The molecule has 0 fully saturated rings. The van der Waals surface area contributed by atoms with E-state index in [9.17, 15) is 0 Å². The van der Waals surface area contributed by atoms with Gasteiger partial charge in [0.25, 0.3) is 0 Å². The van der Waals surface area contributed by atoms with Crippen LogP contribution < -0.4 is 0 Å². The van der Waals surface area contributed by atoms with Gasteiger partial charge in [-0.25, -0.2) is 0 Å². The van der Waals surface area contributed by atoms with E-state index < -0.39 is 0 Å². The van der Waals surface area contributed by atoms with Crippen LogP contribution in [0.15, 0.2) is 61.4 Å². The first kappa shape index (κ1) is 10.5. The molecule has 0 spiro atoms. The van der Waals surface area contributed by atoms with Gasteiger partial charge < -0.3 is 4.74 Å². The summed E-state index contributed by atoms with van der Waals surface area (Å²) in [6.07, 6.45) is 5.42. The summed E-state index contributed by atoms with van der Waals surface area (Å²) in [7, 11) is 0. The van der Waals surface area contributed by atoms with Crippen LogP contribution in [0.5, 0.6) is 0 Å². The second kappa shape index (κ2) is 5.17. The molecule has 0 bridgehead atoms. The van der Waals surface area contributed by atoms with Crippen molar-refractivity contribution < 1.29 is 4.74 Å². The molecule has 0 radical (unpaired) electrons. The molecule has 0 aromatic heterocycles. The summed E-state index contributed by atoms with van der Waals surface area (Å²) < 4.78 is 5.24. The van der Waals surface area contributed by atoms with Gasteiger partial charge >= 0.3 is 0 Å². The van der Waals surface area contributed by atoms with Crippen LogP contribution in [-0.2, 0) is 4.74 Å². The molecule has 1 heteroatoms. The van der Waals surface area contributed by atoms with Crippen molar-refractivity contribution in [2.75, 3.05) is 6.61 Å². The Morgan fingerprint density at radius 1 is 1.06 bits per heavy atom. The molecular formula is C15H14O. The monoisotopic (exact) mass is 210 g/mol. The summed E-state index contributed by atoms with van der Waals surface area (Å²) in [4.78, 5) is 0. The van der Waals surface area contributed by atoms with E-state index in [-0.39, 0.29) is 0 Å². The largest absolute Gasteiger partial charge is 0.497 e. The summed E-state index contributed by atoms with van der Waals surface area (Å²) in [5.41, 5.74) is 1.17. The Balaban J connectivity index is 2.30. The highest BCUT2D eigenvalue weighted by Crippen LogP contribution is 2.19. The first-order valence-corrected chi connectivity index (χ1v) is 5.28. The van der Waals surface area contributed by atoms with Gasteiger partial charge in [0.15, 0.2) is 0 Å². The van der Waals surface area contributed by atoms with Crippen molar-refractivity contribution in [2.24, 2.45) is 0 Å². The van der Waals surface area contributed by atoms with E-state index in [0.717, 1.165) is 0 Å². The molecule has 0 unspecified atom stereocenters. The molecule has 1 nitrogen and oxygen atoms in total. The van der Waals surface area contributed by atoms with Gasteiger partial charge in [0.2, 0.25) is 0 Å². The lowest BCUT2D eigenvalue weighted by Crippen LogP contribution is -1.80. The SMILES string of the molecule is C=CCO/C=C/c1cccc2ccccc12. The summed E-state index contributed by atoms with van der Waals surface area (Å²) in [5, 5.41) is 2.48. The topological polar surface area (TPSA) is 9.23 Å². The highest BCUT2D eigenvalue weighted by atomic mass is 16.5. The van der Waals surface area contributed by atoms with Gasteiger partial charge in [-0.1, -0.05) is 55.1 Å². The summed E-state index contributed by atoms with van der Waals surface area (Å²) in [6, 6.07) is 14.6. The van der Waals surface area contributed by atoms with E-state index in [1.54, 1.807) is 12.3 Å². The Morgan fingerprint density at radius 3 is 2.75 bits per heavy atom. The van der Waals surface area contributed by atoms with Gasteiger partial charge in [0.1, 0.15) is 6.61 Å². The maximum atomic E-state index is 5.24. The third-order valence-electron chi connectivity index (χ3n) is 2.38. The third-order valence-corrected chi connectivity index (χ3v) is 2.38. The minimum Gasteiger partial charge on any atom is -0.497 e. The molecular weight excluding hydrogens is 196 g/mol. The average Bonchev–Trinajstić information content (AvgIpc) is 2.35. The number of ether oxygens (including phenoxy) is 1. The highest BCUT2D eigenvalue weighted by molar-refractivity contribution is 5.90. The fourth-order valence-electron chi connectivity index (χ4n) is 1.64. The lowest BCUT2D eigenvalue weighted by Gasteiger charge is -2.01. The molecule has 0 atom stereocenters. The van der Waals surface area contributed by atoms with Crippen LogP contribution in [-0.4, -0.2) is 6.61 Å². The number of hydrogen-bond donors (Lipinski definition) is 0. The van der Waals surface area contributed by atoms with Crippen molar-refractivity contribution in [1.82, 2.24) is 0 Å². The van der Waals surface area contributed by atoms with E-state index in [2.05, 4.69) is 36.9 Å². The van der Waals surface area contributed by atoms with Gasteiger partial charge in [0, 0.05) is 0 Å². The van der Waals surface area contributed by atoms with Crippen molar-refractivity contribution >= 4 is 16.8 Å². The van der Waals surface area contributed by atoms with E-state index in [4.69, 9.17) is 4.74 Å². The predicted octanol–water partition coefficient (Wildman–Crippen LogP) is 4.01. The second-order valence-corrected chi connectivity index (χ2v) is 3.49. The molecule has 0 saturated carbocycles. The van der Waals surface area contributed by atoms with Crippen LogP contribution in [0.4, 0.5) is 0 Å². The number of hydrogen-bond acceptors (Lipinski definition) is 1. The van der Waals surface area contributed by atoms with Gasteiger partial charge in [-0.3, -0.25) is 0 Å². The number of benzene rings is 2. The lowest BCUT2D eigenvalue weighted by molar-refractivity contribution is 0.293. The lowest BCUT2D eigenvalue weighted by atomic mass is 10.1. The number of fused-ring (bicyclic) bond motifs is 1. The van der Waals surface area contributed by atoms with Crippen molar-refractivity contribution in [1.29, 1.82) is 0 Å². The smallest absolute Gasteiger partial charge is 0.105 e. The molecule has 0 aliphatic rings. The Hall–Kier alpha value is -2.02. The molecule has 80 valence electrons. The van der Waals surface area contributed by atoms with Crippen LogP contribution >= 0.6 is 0 Å². The molecule has 0 heterocycles. The minimum atomic E-state index is 0.543. The maximum absolute atomic E-state index is 5.24. The Kier molecular flexibility index (Phi) is 3.39. The number of rotatable bonds is 4. The zero-order valence-electron chi connectivity index (χ0n) is 9.10. The van der Waals surface area contributed by atoms with Gasteiger partial charge in [-0.2, -0.15) is 0 Å². The van der Waals surface area contributed by atoms with E-state index in [1.807, 2.05) is 18.2 Å². The Bertz CT molecular complexity index is 506. The van der Waals surface area contributed by atoms with E-state index in [0.29, 0.717) is 6.61 Å². The quantitative estimate of drug-likeness (QED) is 0.421. The highest BCUT2D eigenvalue weighted by Gasteiger charge is 1.95. The van der Waals surface area contributed by atoms with Crippen molar-refractivity contribution in [3.63, 3.8) is 0 Å². The molecule has 0 amide bonds. The first-order chi connectivity index (χ1) is 7.92. The normalized spacial score (nSPS) is 10.8. The van der Waals surface area contributed by atoms with Crippen molar-refractivity contribution in [2.45, 2.75) is 0 Å². The predicted molar refractivity (Wildman–Crippen MR) is 69.1 cm³/mol. The molecule has 0 N–H and O–H groups in total. The summed E-state index contributed by atoms with van der Waals surface area (Å²) in [5.74, 6) is 0. The maximum Gasteiger partial charge on any atom is 0.105 e. The standard InChI is InChI=1S/C15H14O/c1-2-11-16-12-10-14-8-5-7-13-6-3-4-9-15(13)14/h2-10,12H,1,11H2/b12-10+. The third kappa shape index (κ3) is 2.31. The minimum absolute atomic E-state index is 0.543. The van der Waals surface area contributed by atoms with Gasteiger partial charge in [0.05, 0.1) is 6.26 Å². The van der Waals surface area contributed by atoms with Gasteiger partial charge in [-0.05, 0) is 22.4 Å². The summed E-state index contributed by atoms with van der Waals surface area (Å²) in [6.45, 7) is 4.14. The Labute approximate surface area is 95.7 Å². The molecule has 0 aliphatic carbocycles. The van der Waals surface area contributed by atoms with E-state index >= 15 is 0 Å². The van der Waals surface area contributed by atoms with Crippen LogP contribution in [0.1, 0.15) is 5.56 Å². The molecule has 2 aromatic rings. The molecule has 2 rings (SSSR count). The van der Waals surface area contributed by atoms with Crippen LogP contribution in [0.3, 0.4) is 0 Å². The molecule has 0 aliphatic heterocycles. The zero-order chi connectivity index (χ0) is 11.2.